The van der Waals surface area contributed by atoms with Gasteiger partial charge in [0.15, 0.2) is 0 Å². The summed E-state index contributed by atoms with van der Waals surface area (Å²) in [6.07, 6.45) is 1.57. The van der Waals surface area contributed by atoms with Crippen molar-refractivity contribution in [2.24, 2.45) is 0 Å². The van der Waals surface area contributed by atoms with E-state index >= 15 is 0 Å². The van der Waals surface area contributed by atoms with Crippen molar-refractivity contribution < 1.29 is 13.5 Å². The predicted molar refractivity (Wildman–Crippen MR) is 26.3 cm³/mol. The van der Waals surface area contributed by atoms with Crippen LogP contribution in [0.25, 0.3) is 0 Å². The van der Waals surface area contributed by atoms with E-state index in [9.17, 15) is 8.78 Å². The van der Waals surface area contributed by atoms with Crippen molar-refractivity contribution >= 4 is 0 Å². The van der Waals surface area contributed by atoms with Crippen LogP contribution >= 0.6 is 0 Å². The molecule has 0 unspecified atom stereocenters. The minimum atomic E-state index is -1.93. The molecule has 0 bridgehead atoms. The van der Waals surface area contributed by atoms with Gasteiger partial charge in [0, 0.05) is 0 Å². The first-order valence-corrected chi connectivity index (χ1v) is 2.58. The van der Waals surface area contributed by atoms with Crippen molar-refractivity contribution in [1.29, 1.82) is 0 Å². The Bertz CT molecular complexity index is 47.7. The molecule has 0 amide bonds. The van der Waals surface area contributed by atoms with Gasteiger partial charge < -0.3 is 4.74 Å². The molecule has 49 valence electrons. The molecule has 0 aromatic rings. The number of hydrogen-bond acceptors (Lipinski definition) is 1. The van der Waals surface area contributed by atoms with Crippen LogP contribution in [0.2, 0.25) is 0 Å². The summed E-state index contributed by atoms with van der Waals surface area (Å²) in [4.78, 5) is 0. The van der Waals surface area contributed by atoms with Crippen molar-refractivity contribution in [2.75, 3.05) is 6.61 Å². The maximum atomic E-state index is 11.1. The van der Waals surface area contributed by atoms with Crippen molar-refractivity contribution in [3.8, 4) is 0 Å². The number of halogens is 2. The van der Waals surface area contributed by atoms with Gasteiger partial charge in [-0.15, -0.1) is 0 Å². The summed E-state index contributed by atoms with van der Waals surface area (Å²) < 4.78 is 26.0. The van der Waals surface area contributed by atoms with Crippen molar-refractivity contribution in [2.45, 2.75) is 19.8 Å². The lowest BCUT2D eigenvalue weighted by Crippen LogP contribution is -1.92. The summed E-state index contributed by atoms with van der Waals surface area (Å²) in [6.45, 7) is 0.122. The van der Waals surface area contributed by atoms with E-state index in [0.717, 1.165) is 6.42 Å². The van der Waals surface area contributed by atoms with Crippen LogP contribution in [0.4, 0.5) is 8.78 Å². The van der Waals surface area contributed by atoms with Crippen LogP contribution in [0.5, 0.6) is 0 Å². The molecule has 0 heterocycles. The van der Waals surface area contributed by atoms with Gasteiger partial charge in [-0.3, -0.25) is 0 Å². The van der Waals surface area contributed by atoms with Crippen molar-refractivity contribution in [3.05, 3.63) is 6.61 Å². The molecule has 0 N–H and O–H groups in total. The van der Waals surface area contributed by atoms with Crippen LogP contribution < -0.4 is 0 Å². The molecule has 0 spiro atoms. The molecule has 1 radical (unpaired) electrons. The largest absolute Gasteiger partial charge is 0.448 e. The highest BCUT2D eigenvalue weighted by molar-refractivity contribution is 4.38. The van der Waals surface area contributed by atoms with Gasteiger partial charge in [0.1, 0.15) is 0 Å². The van der Waals surface area contributed by atoms with E-state index in [1.165, 1.54) is 0 Å². The van der Waals surface area contributed by atoms with Gasteiger partial charge in [-0.05, 0) is 6.42 Å². The number of unbranched alkanes of at least 4 members (excludes halogenated alkanes) is 1. The Kier molecular flexibility index (Phi) is 4.85. The molecule has 0 saturated heterocycles. The first kappa shape index (κ1) is 7.82. The second kappa shape index (κ2) is 4.97. The second-order valence-corrected chi connectivity index (χ2v) is 1.43. The van der Waals surface area contributed by atoms with Crippen LogP contribution in [0.3, 0.4) is 0 Å². The Morgan fingerprint density at radius 1 is 1.50 bits per heavy atom. The van der Waals surface area contributed by atoms with Gasteiger partial charge in [-0.1, -0.05) is 13.3 Å². The predicted octanol–water partition coefficient (Wildman–Crippen LogP) is 2.19. The van der Waals surface area contributed by atoms with Crippen molar-refractivity contribution in [3.63, 3.8) is 0 Å². The number of rotatable bonds is 4. The molecule has 0 aromatic carbocycles. The molecule has 0 aromatic heterocycles. The standard InChI is InChI=1S/C5H9F2O/c1-2-3-4-8-5(6)7/h2-4H2,1H3. The maximum absolute atomic E-state index is 11.1. The van der Waals surface area contributed by atoms with Crippen LogP contribution in [0.15, 0.2) is 0 Å². The molecule has 0 aliphatic carbocycles. The highest BCUT2D eigenvalue weighted by atomic mass is 19.3. The van der Waals surface area contributed by atoms with Crippen LogP contribution in [0.1, 0.15) is 19.8 Å². The lowest BCUT2D eigenvalue weighted by molar-refractivity contribution is -0.0202. The van der Waals surface area contributed by atoms with E-state index < -0.39 is 6.61 Å². The van der Waals surface area contributed by atoms with Gasteiger partial charge in [-0.25, -0.2) is 0 Å². The third-order valence-electron chi connectivity index (χ3n) is 0.709. The first-order valence-electron chi connectivity index (χ1n) is 2.58. The van der Waals surface area contributed by atoms with E-state index in [1.54, 1.807) is 0 Å². The summed E-state index contributed by atoms with van der Waals surface area (Å²) in [5.74, 6) is 0. The Morgan fingerprint density at radius 2 is 2.12 bits per heavy atom. The Hall–Kier alpha value is -0.180. The molecular weight excluding hydrogens is 114 g/mol. The summed E-state index contributed by atoms with van der Waals surface area (Å²) in [5, 5.41) is 0. The fraction of sp³-hybridized carbons (Fsp3) is 0.800. The molecule has 0 aliphatic rings. The van der Waals surface area contributed by atoms with E-state index in [-0.39, 0.29) is 6.61 Å². The van der Waals surface area contributed by atoms with Gasteiger partial charge in [0.25, 0.3) is 0 Å². The molecule has 3 heteroatoms. The SMILES string of the molecule is CCCCO[C](F)F. The lowest BCUT2D eigenvalue weighted by Gasteiger charge is -1.95. The quantitative estimate of drug-likeness (QED) is 0.520. The fourth-order valence-electron chi connectivity index (χ4n) is 0.294. The third kappa shape index (κ3) is 5.82. The Morgan fingerprint density at radius 3 is 2.50 bits per heavy atom. The zero-order valence-electron chi connectivity index (χ0n) is 4.79. The number of ether oxygens (including phenoxy) is 1. The Labute approximate surface area is 47.6 Å². The molecule has 0 rings (SSSR count). The highest BCUT2D eigenvalue weighted by Crippen LogP contribution is 2.04. The zero-order valence-corrected chi connectivity index (χ0v) is 4.79. The van der Waals surface area contributed by atoms with Gasteiger partial charge in [0.2, 0.25) is 0 Å². The summed E-state index contributed by atoms with van der Waals surface area (Å²) in [5.41, 5.74) is 0. The first-order chi connectivity index (χ1) is 3.77. The smallest absolute Gasteiger partial charge is 0.313 e. The van der Waals surface area contributed by atoms with Gasteiger partial charge >= 0.3 is 6.61 Å². The molecule has 0 atom stereocenters. The summed E-state index contributed by atoms with van der Waals surface area (Å²) >= 11 is 0. The van der Waals surface area contributed by atoms with E-state index in [4.69, 9.17) is 0 Å². The van der Waals surface area contributed by atoms with Crippen LogP contribution in [0, 0.1) is 6.61 Å². The normalized spacial score (nSPS) is 10.5. The molecule has 8 heavy (non-hydrogen) atoms. The van der Waals surface area contributed by atoms with Crippen LogP contribution in [-0.4, -0.2) is 6.61 Å². The molecule has 0 fully saturated rings. The van der Waals surface area contributed by atoms with Crippen LogP contribution in [-0.2, 0) is 4.74 Å². The highest BCUT2D eigenvalue weighted by Gasteiger charge is 2.02. The molecule has 0 saturated carbocycles. The molecule has 0 aliphatic heterocycles. The summed E-state index contributed by atoms with van der Waals surface area (Å²) in [6, 6.07) is 0. The topological polar surface area (TPSA) is 9.23 Å². The minimum absolute atomic E-state index is 0.138. The second-order valence-electron chi connectivity index (χ2n) is 1.43. The van der Waals surface area contributed by atoms with E-state index in [1.807, 2.05) is 6.92 Å². The third-order valence-corrected chi connectivity index (χ3v) is 0.709. The fourth-order valence-corrected chi connectivity index (χ4v) is 0.294. The van der Waals surface area contributed by atoms with E-state index in [0.29, 0.717) is 6.42 Å². The zero-order chi connectivity index (χ0) is 6.41. The Balaban J connectivity index is 2.72. The van der Waals surface area contributed by atoms with Crippen molar-refractivity contribution in [1.82, 2.24) is 0 Å². The molecule has 1 nitrogen and oxygen atoms in total. The molecular formula is C5H9F2O. The summed E-state index contributed by atoms with van der Waals surface area (Å²) in [7, 11) is 0. The average Bonchev–Trinajstić information content (AvgIpc) is 1.66. The average molecular weight is 123 g/mol. The lowest BCUT2D eigenvalue weighted by atomic mass is 10.4. The monoisotopic (exact) mass is 123 g/mol. The van der Waals surface area contributed by atoms with E-state index in [2.05, 4.69) is 4.74 Å². The van der Waals surface area contributed by atoms with Gasteiger partial charge in [0.05, 0.1) is 6.61 Å². The number of hydrogen-bond donors (Lipinski definition) is 0. The van der Waals surface area contributed by atoms with Gasteiger partial charge in [-0.2, -0.15) is 8.78 Å². The maximum Gasteiger partial charge on any atom is 0.448 e. The minimum Gasteiger partial charge on any atom is -0.313 e.